The van der Waals surface area contributed by atoms with E-state index in [1.54, 1.807) is 45.9 Å². The number of benzene rings is 2. The molecular formula is C21H15BrCl3FN6S. The van der Waals surface area contributed by atoms with Crippen LogP contribution < -0.4 is 10.6 Å². The van der Waals surface area contributed by atoms with Crippen LogP contribution in [-0.4, -0.2) is 24.7 Å². The molecule has 6 nitrogen and oxygen atoms in total. The highest BCUT2D eigenvalue weighted by molar-refractivity contribution is 9.10. The average molecular weight is 589 g/mol. The van der Waals surface area contributed by atoms with E-state index in [0.717, 1.165) is 10.0 Å². The van der Waals surface area contributed by atoms with Crippen molar-refractivity contribution >= 4 is 79.7 Å². The van der Waals surface area contributed by atoms with Crippen LogP contribution in [0.15, 0.2) is 59.3 Å². The lowest BCUT2D eigenvalue weighted by Crippen LogP contribution is -2.20. The zero-order chi connectivity index (χ0) is 23.5. The van der Waals surface area contributed by atoms with Crippen molar-refractivity contribution in [3.05, 3.63) is 91.3 Å². The smallest absolute Gasteiger partial charge is 0.177 e. The third-order valence-electron chi connectivity index (χ3n) is 4.56. The van der Waals surface area contributed by atoms with Crippen LogP contribution in [0.3, 0.4) is 0 Å². The Morgan fingerprint density at radius 2 is 1.82 bits per heavy atom. The van der Waals surface area contributed by atoms with Crippen LogP contribution in [0.2, 0.25) is 15.1 Å². The van der Waals surface area contributed by atoms with Gasteiger partial charge in [0.25, 0.3) is 0 Å². The highest BCUT2D eigenvalue weighted by Crippen LogP contribution is 2.25. The van der Waals surface area contributed by atoms with Gasteiger partial charge in [0, 0.05) is 39.1 Å². The molecule has 12 heteroatoms. The molecule has 0 saturated heterocycles. The molecule has 0 aliphatic rings. The van der Waals surface area contributed by atoms with Crippen molar-refractivity contribution in [3.8, 4) is 0 Å². The van der Waals surface area contributed by atoms with E-state index >= 15 is 0 Å². The lowest BCUT2D eigenvalue weighted by molar-refractivity contribution is 0.586. The van der Waals surface area contributed by atoms with Gasteiger partial charge in [-0.25, -0.2) is 4.39 Å². The number of hydrogen-bond donors (Lipinski definition) is 2. The van der Waals surface area contributed by atoms with E-state index in [-0.39, 0.29) is 12.4 Å². The van der Waals surface area contributed by atoms with Crippen LogP contribution in [0, 0.1) is 5.82 Å². The first kappa shape index (κ1) is 24.0. The molecule has 0 aliphatic heterocycles. The summed E-state index contributed by atoms with van der Waals surface area (Å²) in [4.78, 5) is 0. The van der Waals surface area contributed by atoms with Gasteiger partial charge in [0.15, 0.2) is 16.7 Å². The van der Waals surface area contributed by atoms with Crippen LogP contribution in [-0.2, 0) is 13.1 Å². The SMILES string of the molecule is Fc1cccc(Cl)c1Cn1ccc(NC(=S)Nc2nn(Cc3ccc(Cl)cc3Cl)cc2Br)n1. The molecule has 0 radical (unpaired) electrons. The van der Waals surface area contributed by atoms with Crippen LogP contribution in [0.4, 0.5) is 16.0 Å². The van der Waals surface area contributed by atoms with Gasteiger partial charge in [-0.2, -0.15) is 10.2 Å². The van der Waals surface area contributed by atoms with E-state index in [0.29, 0.717) is 43.9 Å². The van der Waals surface area contributed by atoms with Gasteiger partial charge < -0.3 is 10.6 Å². The van der Waals surface area contributed by atoms with Gasteiger partial charge in [0.2, 0.25) is 0 Å². The molecule has 4 aromatic rings. The minimum atomic E-state index is -0.384. The Hall–Kier alpha value is -2.17. The fourth-order valence-corrected chi connectivity index (χ4v) is 4.31. The molecule has 170 valence electrons. The molecule has 2 N–H and O–H groups in total. The second-order valence-electron chi connectivity index (χ2n) is 6.94. The Morgan fingerprint density at radius 1 is 1.00 bits per heavy atom. The molecule has 0 unspecified atom stereocenters. The summed E-state index contributed by atoms with van der Waals surface area (Å²) in [5.41, 5.74) is 1.24. The monoisotopic (exact) mass is 586 g/mol. The molecule has 0 bridgehead atoms. The number of rotatable bonds is 6. The van der Waals surface area contributed by atoms with E-state index in [4.69, 9.17) is 47.0 Å². The number of aromatic nitrogens is 4. The van der Waals surface area contributed by atoms with Gasteiger partial charge in [0.05, 0.1) is 17.6 Å². The highest BCUT2D eigenvalue weighted by atomic mass is 79.9. The van der Waals surface area contributed by atoms with Crippen LogP contribution in [0.5, 0.6) is 0 Å². The first-order chi connectivity index (χ1) is 15.8. The third-order valence-corrected chi connectivity index (χ3v) is 6.29. The Labute approximate surface area is 217 Å². The molecule has 0 fully saturated rings. The maximum Gasteiger partial charge on any atom is 0.177 e. The minimum absolute atomic E-state index is 0.191. The second kappa shape index (κ2) is 10.4. The van der Waals surface area contributed by atoms with E-state index in [2.05, 4.69) is 36.8 Å². The molecule has 0 aliphatic carbocycles. The zero-order valence-corrected chi connectivity index (χ0v) is 21.4. The normalized spacial score (nSPS) is 10.9. The van der Waals surface area contributed by atoms with E-state index in [1.165, 1.54) is 6.07 Å². The standard InChI is InChI=1S/C21H15BrCl3FN6S/c22-15-11-32(9-12-4-5-13(23)8-17(12)25)30-20(15)28-21(33)27-19-6-7-31(29-19)10-14-16(24)2-1-3-18(14)26/h1-8,11H,9-10H2,(H2,27,28,29,30,33). The molecule has 0 saturated carbocycles. The number of halogens is 5. The summed E-state index contributed by atoms with van der Waals surface area (Å²) in [6, 6.07) is 11.6. The molecule has 33 heavy (non-hydrogen) atoms. The second-order valence-corrected chi connectivity index (χ2v) is 9.45. The van der Waals surface area contributed by atoms with E-state index in [1.807, 2.05) is 12.3 Å². The van der Waals surface area contributed by atoms with Crippen LogP contribution in [0.1, 0.15) is 11.1 Å². The van der Waals surface area contributed by atoms with Crippen molar-refractivity contribution in [2.45, 2.75) is 13.1 Å². The lowest BCUT2D eigenvalue weighted by Gasteiger charge is -2.08. The Balaban J connectivity index is 1.38. The van der Waals surface area contributed by atoms with Crippen molar-refractivity contribution in [3.63, 3.8) is 0 Å². The number of anilines is 2. The van der Waals surface area contributed by atoms with Gasteiger partial charge in [0.1, 0.15) is 5.82 Å². The summed E-state index contributed by atoms with van der Waals surface area (Å²) in [6.45, 7) is 0.649. The fraction of sp³-hybridized carbons (Fsp3) is 0.0952. The zero-order valence-electron chi connectivity index (χ0n) is 16.7. The first-order valence-corrected chi connectivity index (χ1v) is 11.8. The molecule has 0 amide bonds. The molecule has 4 rings (SSSR count). The number of thiocarbonyl (C=S) groups is 1. The van der Waals surface area contributed by atoms with E-state index < -0.39 is 0 Å². The predicted octanol–water partition coefficient (Wildman–Crippen LogP) is 6.85. The summed E-state index contributed by atoms with van der Waals surface area (Å²) >= 11 is 27.1. The summed E-state index contributed by atoms with van der Waals surface area (Å²) in [6.07, 6.45) is 3.51. The van der Waals surface area contributed by atoms with Crippen LogP contribution in [0.25, 0.3) is 0 Å². The van der Waals surface area contributed by atoms with Gasteiger partial charge in [-0.05, 0) is 58.0 Å². The molecule has 0 spiro atoms. The third kappa shape index (κ3) is 6.04. The van der Waals surface area contributed by atoms with Gasteiger partial charge in [-0.1, -0.05) is 46.9 Å². The van der Waals surface area contributed by atoms with Crippen molar-refractivity contribution in [2.75, 3.05) is 10.6 Å². The van der Waals surface area contributed by atoms with Gasteiger partial charge >= 0.3 is 0 Å². The number of nitrogens with one attached hydrogen (secondary N) is 2. The Morgan fingerprint density at radius 3 is 2.58 bits per heavy atom. The summed E-state index contributed by atoms with van der Waals surface area (Å²) in [5.74, 6) is 0.628. The van der Waals surface area contributed by atoms with Crippen molar-refractivity contribution < 1.29 is 4.39 Å². The first-order valence-electron chi connectivity index (χ1n) is 9.49. The summed E-state index contributed by atoms with van der Waals surface area (Å²) in [7, 11) is 0. The van der Waals surface area contributed by atoms with Crippen molar-refractivity contribution in [1.82, 2.24) is 19.6 Å². The Bertz CT molecular complexity index is 1310. The maximum absolute atomic E-state index is 14.0. The average Bonchev–Trinajstić information content (AvgIpc) is 3.33. The molecule has 2 heterocycles. The maximum atomic E-state index is 14.0. The number of hydrogen-bond acceptors (Lipinski definition) is 3. The van der Waals surface area contributed by atoms with Crippen LogP contribution >= 0.6 is 63.0 Å². The molecule has 0 atom stereocenters. The minimum Gasteiger partial charge on any atom is -0.316 e. The molecular weight excluding hydrogens is 574 g/mol. The Kier molecular flexibility index (Phi) is 7.55. The lowest BCUT2D eigenvalue weighted by atomic mass is 10.2. The highest BCUT2D eigenvalue weighted by Gasteiger charge is 2.12. The largest absolute Gasteiger partial charge is 0.316 e. The predicted molar refractivity (Wildman–Crippen MR) is 138 cm³/mol. The summed E-state index contributed by atoms with van der Waals surface area (Å²) in [5, 5.41) is 16.6. The molecule has 2 aromatic carbocycles. The fourth-order valence-electron chi connectivity index (χ4n) is 3.00. The number of nitrogens with zero attached hydrogens (tertiary/aromatic N) is 4. The molecule has 2 aromatic heterocycles. The van der Waals surface area contributed by atoms with Gasteiger partial charge in [-0.15, -0.1) is 0 Å². The van der Waals surface area contributed by atoms with Crippen molar-refractivity contribution in [2.24, 2.45) is 0 Å². The van der Waals surface area contributed by atoms with E-state index in [9.17, 15) is 4.39 Å². The topological polar surface area (TPSA) is 59.7 Å². The summed E-state index contributed by atoms with van der Waals surface area (Å²) < 4.78 is 18.0. The van der Waals surface area contributed by atoms with Gasteiger partial charge in [-0.3, -0.25) is 9.36 Å². The van der Waals surface area contributed by atoms with Crippen molar-refractivity contribution in [1.29, 1.82) is 0 Å². The quantitative estimate of drug-likeness (QED) is 0.242.